The van der Waals surface area contributed by atoms with Crippen molar-refractivity contribution >= 4 is 58.3 Å². The Balaban J connectivity index is 3.01. The average Bonchev–Trinajstić information content (AvgIpc) is 1.95. The van der Waals surface area contributed by atoms with Crippen molar-refractivity contribution in [1.82, 2.24) is 10.6 Å². The standard InChI is InChI=1S/C6H12N2S4/c9-5(10)7-3-1-2-4-8-6(11)12/h1-4H2,(H2,7,9,10)(H2,8,11,12). The second-order valence-electron chi connectivity index (χ2n) is 2.17. The third-order valence-electron chi connectivity index (χ3n) is 1.16. The van der Waals surface area contributed by atoms with Gasteiger partial charge in [0, 0.05) is 13.1 Å². The summed E-state index contributed by atoms with van der Waals surface area (Å²) in [6.45, 7) is 1.73. The van der Waals surface area contributed by atoms with E-state index in [0.717, 1.165) is 25.9 Å². The largest absolute Gasteiger partial charge is 0.371 e. The summed E-state index contributed by atoms with van der Waals surface area (Å²) in [5, 5.41) is 5.90. The lowest BCUT2D eigenvalue weighted by atomic mass is 10.3. The molecule has 0 aliphatic rings. The molecule has 0 saturated heterocycles. The van der Waals surface area contributed by atoms with Gasteiger partial charge in [-0.2, -0.15) is 0 Å². The predicted molar refractivity (Wildman–Crippen MR) is 68.4 cm³/mol. The summed E-state index contributed by atoms with van der Waals surface area (Å²) in [6, 6.07) is 0. The van der Waals surface area contributed by atoms with E-state index in [1.807, 2.05) is 0 Å². The van der Waals surface area contributed by atoms with Crippen LogP contribution in [0, 0.1) is 0 Å². The molecule has 70 valence electrons. The first-order valence-electron chi connectivity index (χ1n) is 3.56. The Morgan fingerprint density at radius 1 is 0.917 bits per heavy atom. The van der Waals surface area contributed by atoms with Crippen LogP contribution >= 0.6 is 49.7 Å². The molecule has 0 saturated carbocycles. The Bertz CT molecular complexity index is 142. The first-order chi connectivity index (χ1) is 5.63. The molecule has 0 aliphatic carbocycles. The molecule has 2 nitrogen and oxygen atoms in total. The molecule has 0 aromatic heterocycles. The summed E-state index contributed by atoms with van der Waals surface area (Å²) in [5.74, 6) is 0. The smallest absolute Gasteiger partial charge is 0.130 e. The maximum atomic E-state index is 4.72. The zero-order chi connectivity index (χ0) is 9.40. The Labute approximate surface area is 94.7 Å². The number of thiocarbonyl (C=S) groups is 2. The SMILES string of the molecule is S=C(S)NCCCCNC(=S)S. The van der Waals surface area contributed by atoms with E-state index in [1.54, 1.807) is 0 Å². The van der Waals surface area contributed by atoms with Crippen LogP contribution in [0.1, 0.15) is 12.8 Å². The van der Waals surface area contributed by atoms with Crippen molar-refractivity contribution in [2.45, 2.75) is 12.8 Å². The lowest BCUT2D eigenvalue weighted by Crippen LogP contribution is -2.21. The van der Waals surface area contributed by atoms with Crippen LogP contribution in [-0.4, -0.2) is 21.7 Å². The van der Waals surface area contributed by atoms with Crippen LogP contribution in [0.3, 0.4) is 0 Å². The van der Waals surface area contributed by atoms with E-state index < -0.39 is 0 Å². The molecule has 12 heavy (non-hydrogen) atoms. The van der Waals surface area contributed by atoms with Crippen LogP contribution in [-0.2, 0) is 0 Å². The minimum atomic E-state index is 0.549. The highest BCUT2D eigenvalue weighted by Gasteiger charge is 1.90. The van der Waals surface area contributed by atoms with Crippen LogP contribution in [0.15, 0.2) is 0 Å². The first-order valence-corrected chi connectivity index (χ1v) is 5.27. The van der Waals surface area contributed by atoms with Gasteiger partial charge in [-0.1, -0.05) is 24.4 Å². The molecule has 2 N–H and O–H groups in total. The van der Waals surface area contributed by atoms with Gasteiger partial charge in [-0.15, -0.1) is 25.3 Å². The summed E-state index contributed by atoms with van der Waals surface area (Å²) in [7, 11) is 0. The molecule has 0 aromatic rings. The predicted octanol–water partition coefficient (Wildman–Crippen LogP) is 1.38. The third kappa shape index (κ3) is 10.5. The van der Waals surface area contributed by atoms with Crippen molar-refractivity contribution in [2.75, 3.05) is 13.1 Å². The topological polar surface area (TPSA) is 24.1 Å². The van der Waals surface area contributed by atoms with Crippen molar-refractivity contribution in [2.24, 2.45) is 0 Å². The number of rotatable bonds is 5. The Morgan fingerprint density at radius 2 is 1.25 bits per heavy atom. The average molecular weight is 240 g/mol. The van der Waals surface area contributed by atoms with Gasteiger partial charge in [0.15, 0.2) is 0 Å². The highest BCUT2D eigenvalue weighted by molar-refractivity contribution is 8.11. The fourth-order valence-electron chi connectivity index (χ4n) is 0.641. The monoisotopic (exact) mass is 240 g/mol. The Hall–Kier alpha value is 0.480. The highest BCUT2D eigenvalue weighted by Crippen LogP contribution is 1.87. The van der Waals surface area contributed by atoms with Gasteiger partial charge in [-0.05, 0) is 12.8 Å². The molecule has 0 aliphatic heterocycles. The molecule has 0 spiro atoms. The fourth-order valence-corrected chi connectivity index (χ4v) is 1.07. The van der Waals surface area contributed by atoms with E-state index in [1.165, 1.54) is 0 Å². The molecule has 0 atom stereocenters. The molecular weight excluding hydrogens is 228 g/mol. The number of unbranched alkanes of at least 4 members (excludes halogenated alkanes) is 1. The van der Waals surface area contributed by atoms with Crippen molar-refractivity contribution in [3.05, 3.63) is 0 Å². The molecule has 0 fully saturated rings. The normalized spacial score (nSPS) is 9.17. The van der Waals surface area contributed by atoms with Gasteiger partial charge in [-0.25, -0.2) is 0 Å². The quantitative estimate of drug-likeness (QED) is 0.331. The first kappa shape index (κ1) is 12.5. The molecule has 0 radical (unpaired) electrons. The molecule has 0 rings (SSSR count). The van der Waals surface area contributed by atoms with Gasteiger partial charge in [0.2, 0.25) is 0 Å². The van der Waals surface area contributed by atoms with E-state index in [-0.39, 0.29) is 0 Å². The molecular formula is C6H12N2S4. The van der Waals surface area contributed by atoms with Crippen molar-refractivity contribution < 1.29 is 0 Å². The molecule has 6 heteroatoms. The molecule has 0 unspecified atom stereocenters. The Morgan fingerprint density at radius 3 is 1.50 bits per heavy atom. The maximum Gasteiger partial charge on any atom is 0.130 e. The van der Waals surface area contributed by atoms with Gasteiger partial charge in [0.05, 0.1) is 0 Å². The molecule has 0 aromatic carbocycles. The van der Waals surface area contributed by atoms with Crippen LogP contribution in [0.5, 0.6) is 0 Å². The molecule has 0 amide bonds. The minimum Gasteiger partial charge on any atom is -0.371 e. The van der Waals surface area contributed by atoms with Gasteiger partial charge in [0.25, 0.3) is 0 Å². The van der Waals surface area contributed by atoms with Crippen molar-refractivity contribution in [3.8, 4) is 0 Å². The van der Waals surface area contributed by atoms with E-state index >= 15 is 0 Å². The summed E-state index contributed by atoms with van der Waals surface area (Å²) >= 11 is 17.3. The summed E-state index contributed by atoms with van der Waals surface area (Å²) in [5.41, 5.74) is 0. The van der Waals surface area contributed by atoms with E-state index in [4.69, 9.17) is 24.4 Å². The summed E-state index contributed by atoms with van der Waals surface area (Å²) in [6.07, 6.45) is 2.09. The van der Waals surface area contributed by atoms with Gasteiger partial charge in [-0.3, -0.25) is 0 Å². The zero-order valence-corrected chi connectivity index (χ0v) is 9.96. The number of nitrogens with one attached hydrogen (secondary N) is 2. The van der Waals surface area contributed by atoms with E-state index in [2.05, 4.69) is 35.9 Å². The Kier molecular flexibility index (Phi) is 8.42. The van der Waals surface area contributed by atoms with Crippen LogP contribution < -0.4 is 10.6 Å². The summed E-state index contributed by atoms with van der Waals surface area (Å²) in [4.78, 5) is 0. The second-order valence-corrected chi connectivity index (χ2v) is 4.49. The maximum absolute atomic E-state index is 4.72. The van der Waals surface area contributed by atoms with Gasteiger partial charge < -0.3 is 10.6 Å². The van der Waals surface area contributed by atoms with E-state index in [9.17, 15) is 0 Å². The van der Waals surface area contributed by atoms with Crippen LogP contribution in [0.25, 0.3) is 0 Å². The zero-order valence-electron chi connectivity index (χ0n) is 6.54. The van der Waals surface area contributed by atoms with Crippen LogP contribution in [0.2, 0.25) is 0 Å². The molecule has 0 bridgehead atoms. The van der Waals surface area contributed by atoms with Gasteiger partial charge in [0.1, 0.15) is 8.64 Å². The van der Waals surface area contributed by atoms with Crippen molar-refractivity contribution in [3.63, 3.8) is 0 Å². The number of thiol groups is 2. The fraction of sp³-hybridized carbons (Fsp3) is 0.667. The third-order valence-corrected chi connectivity index (χ3v) is 1.76. The number of hydrogen-bond donors (Lipinski definition) is 4. The minimum absolute atomic E-state index is 0.549. The lowest BCUT2D eigenvalue weighted by molar-refractivity contribution is 0.699. The van der Waals surface area contributed by atoms with Crippen LogP contribution in [0.4, 0.5) is 0 Å². The second kappa shape index (κ2) is 8.10. The molecule has 0 heterocycles. The van der Waals surface area contributed by atoms with E-state index in [0.29, 0.717) is 8.64 Å². The highest BCUT2D eigenvalue weighted by atomic mass is 32.1. The number of hydrogen-bond acceptors (Lipinski definition) is 2. The lowest BCUT2D eigenvalue weighted by Gasteiger charge is -2.04. The summed E-state index contributed by atoms with van der Waals surface area (Å²) < 4.78 is 1.10. The van der Waals surface area contributed by atoms with Crippen molar-refractivity contribution in [1.29, 1.82) is 0 Å². The van der Waals surface area contributed by atoms with Gasteiger partial charge >= 0.3 is 0 Å².